The van der Waals surface area contributed by atoms with Crippen LogP contribution in [0, 0.1) is 17.2 Å². The van der Waals surface area contributed by atoms with Crippen LogP contribution in [-0.4, -0.2) is 31.7 Å². The van der Waals surface area contributed by atoms with Crippen molar-refractivity contribution in [2.45, 2.75) is 43.4 Å². The highest BCUT2D eigenvalue weighted by Crippen LogP contribution is 2.28. The van der Waals surface area contributed by atoms with Gasteiger partial charge >= 0.3 is 0 Å². The predicted octanol–water partition coefficient (Wildman–Crippen LogP) is 3.48. The highest BCUT2D eigenvalue weighted by molar-refractivity contribution is 7.89. The number of aryl methyl sites for hydroxylation is 2. The Bertz CT molecular complexity index is 1080. The van der Waals surface area contributed by atoms with Crippen molar-refractivity contribution < 1.29 is 13.2 Å². The van der Waals surface area contributed by atoms with Gasteiger partial charge < -0.3 is 5.32 Å². The van der Waals surface area contributed by atoms with Gasteiger partial charge in [-0.2, -0.15) is 9.57 Å². The van der Waals surface area contributed by atoms with E-state index in [9.17, 15) is 13.2 Å². The molecule has 1 heterocycles. The molecule has 2 aromatic carbocycles. The number of nitriles is 1. The first-order valence-electron chi connectivity index (χ1n) is 10.4. The Labute approximate surface area is 177 Å². The van der Waals surface area contributed by atoms with E-state index in [-0.39, 0.29) is 11.8 Å². The number of amides is 1. The number of nitrogens with one attached hydrogen (secondary N) is 1. The molecule has 2 aromatic rings. The third-order valence-electron chi connectivity index (χ3n) is 6.06. The number of nitrogens with zero attached hydrogens (tertiary/aromatic N) is 2. The fourth-order valence-electron chi connectivity index (χ4n) is 4.25. The lowest BCUT2D eigenvalue weighted by Crippen LogP contribution is -2.41. The van der Waals surface area contributed by atoms with Crippen LogP contribution in [0.1, 0.15) is 42.4 Å². The number of carbonyl (C=O) groups excluding carboxylic acids is 1. The molecular formula is C23H25N3O3S. The van der Waals surface area contributed by atoms with E-state index in [1.807, 2.05) is 18.2 Å². The monoisotopic (exact) mass is 423 g/mol. The normalized spacial score (nSPS) is 17.7. The minimum atomic E-state index is -3.54. The van der Waals surface area contributed by atoms with Crippen molar-refractivity contribution in [3.05, 3.63) is 59.2 Å². The summed E-state index contributed by atoms with van der Waals surface area (Å²) in [5.74, 6) is -0.332. The van der Waals surface area contributed by atoms with E-state index in [4.69, 9.17) is 5.26 Å². The molecule has 0 unspecified atom stereocenters. The first kappa shape index (κ1) is 20.6. The Morgan fingerprint density at radius 1 is 1.00 bits per heavy atom. The first-order valence-corrected chi connectivity index (χ1v) is 11.8. The Morgan fingerprint density at radius 2 is 1.67 bits per heavy atom. The van der Waals surface area contributed by atoms with Crippen LogP contribution in [-0.2, 0) is 27.7 Å². The fraction of sp³-hybridized carbons (Fsp3) is 0.391. The number of hydrogen-bond acceptors (Lipinski definition) is 4. The Balaban J connectivity index is 1.38. The molecular weight excluding hydrogens is 398 g/mol. The topological polar surface area (TPSA) is 90.3 Å². The van der Waals surface area contributed by atoms with E-state index in [1.54, 1.807) is 30.3 Å². The Hall–Kier alpha value is -2.69. The average molecular weight is 424 g/mol. The maximum absolute atomic E-state index is 13.1. The molecule has 1 amide bonds. The van der Waals surface area contributed by atoms with E-state index in [1.165, 1.54) is 9.87 Å². The standard InChI is InChI=1S/C23H25N3O3S/c24-16-17-5-8-21(9-6-17)25-23(27)19-11-13-26(14-12-19)30(28,29)22-10-7-18-3-1-2-4-20(18)15-22/h5-10,15,19H,1-4,11-14H2,(H,25,27). The maximum atomic E-state index is 13.1. The number of rotatable bonds is 4. The minimum absolute atomic E-state index is 0.106. The van der Waals surface area contributed by atoms with E-state index in [0.29, 0.717) is 42.1 Å². The Morgan fingerprint density at radius 3 is 2.33 bits per heavy atom. The summed E-state index contributed by atoms with van der Waals surface area (Å²) < 4.78 is 27.7. The third kappa shape index (κ3) is 4.25. The van der Waals surface area contributed by atoms with Crippen LogP contribution in [0.5, 0.6) is 0 Å². The molecule has 30 heavy (non-hydrogen) atoms. The summed E-state index contributed by atoms with van der Waals surface area (Å²) in [5, 5.41) is 11.7. The van der Waals surface area contributed by atoms with Crippen LogP contribution < -0.4 is 5.32 Å². The molecule has 1 saturated heterocycles. The molecule has 0 bridgehead atoms. The molecule has 0 spiro atoms. The van der Waals surface area contributed by atoms with Crippen molar-refractivity contribution in [2.24, 2.45) is 5.92 Å². The van der Waals surface area contributed by atoms with E-state index in [0.717, 1.165) is 31.2 Å². The van der Waals surface area contributed by atoms with Gasteiger partial charge in [-0.1, -0.05) is 6.07 Å². The second-order valence-corrected chi connectivity index (χ2v) is 9.93. The summed E-state index contributed by atoms with van der Waals surface area (Å²) in [6.07, 6.45) is 5.22. The lowest BCUT2D eigenvalue weighted by atomic mass is 9.92. The number of carbonyl (C=O) groups is 1. The molecule has 4 rings (SSSR count). The molecule has 156 valence electrons. The van der Waals surface area contributed by atoms with Crippen LogP contribution in [0.3, 0.4) is 0 Å². The summed E-state index contributed by atoms with van der Waals surface area (Å²) in [5.41, 5.74) is 3.59. The molecule has 1 N–H and O–H groups in total. The quantitative estimate of drug-likeness (QED) is 0.815. The Kier molecular flexibility index (Phi) is 5.89. The largest absolute Gasteiger partial charge is 0.326 e. The van der Waals surface area contributed by atoms with Crippen LogP contribution in [0.2, 0.25) is 0 Å². The molecule has 0 aromatic heterocycles. The van der Waals surface area contributed by atoms with Gasteiger partial charge in [-0.15, -0.1) is 0 Å². The van der Waals surface area contributed by atoms with Gasteiger partial charge in [-0.05, 0) is 86.1 Å². The number of benzene rings is 2. The van der Waals surface area contributed by atoms with Gasteiger partial charge in [-0.3, -0.25) is 4.79 Å². The van der Waals surface area contributed by atoms with Crippen LogP contribution in [0.25, 0.3) is 0 Å². The van der Waals surface area contributed by atoms with Crippen LogP contribution in [0.15, 0.2) is 47.4 Å². The molecule has 6 nitrogen and oxygen atoms in total. The van der Waals surface area contributed by atoms with Crippen LogP contribution in [0.4, 0.5) is 5.69 Å². The van der Waals surface area contributed by atoms with E-state index >= 15 is 0 Å². The zero-order chi connectivity index (χ0) is 21.1. The summed E-state index contributed by atoms with van der Waals surface area (Å²) in [6, 6.07) is 14.3. The number of piperidine rings is 1. The smallest absolute Gasteiger partial charge is 0.243 e. The SMILES string of the molecule is N#Cc1ccc(NC(=O)C2CCN(S(=O)(=O)c3ccc4c(c3)CCCC4)CC2)cc1. The number of fused-ring (bicyclic) bond motifs is 1. The molecule has 0 saturated carbocycles. The predicted molar refractivity (Wildman–Crippen MR) is 114 cm³/mol. The van der Waals surface area contributed by atoms with Gasteiger partial charge in [0.2, 0.25) is 15.9 Å². The molecule has 1 aliphatic carbocycles. The summed E-state index contributed by atoms with van der Waals surface area (Å²) in [7, 11) is -3.54. The van der Waals surface area contributed by atoms with Gasteiger partial charge in [-0.25, -0.2) is 8.42 Å². The molecule has 1 aliphatic heterocycles. The van der Waals surface area contributed by atoms with Gasteiger partial charge in [0.1, 0.15) is 0 Å². The van der Waals surface area contributed by atoms with Gasteiger partial charge in [0, 0.05) is 24.7 Å². The van der Waals surface area contributed by atoms with Crippen molar-refractivity contribution in [2.75, 3.05) is 18.4 Å². The number of anilines is 1. The summed E-state index contributed by atoms with van der Waals surface area (Å²) in [4.78, 5) is 12.9. The van der Waals surface area contributed by atoms with Crippen molar-refractivity contribution in [3.8, 4) is 6.07 Å². The van der Waals surface area contributed by atoms with E-state index < -0.39 is 10.0 Å². The van der Waals surface area contributed by atoms with E-state index in [2.05, 4.69) is 5.32 Å². The average Bonchev–Trinajstić information content (AvgIpc) is 2.79. The lowest BCUT2D eigenvalue weighted by molar-refractivity contribution is -0.120. The van der Waals surface area contributed by atoms with Gasteiger partial charge in [0.25, 0.3) is 0 Å². The number of hydrogen-bond donors (Lipinski definition) is 1. The van der Waals surface area contributed by atoms with Gasteiger partial charge in [0.15, 0.2) is 0 Å². The number of sulfonamides is 1. The fourth-order valence-corrected chi connectivity index (χ4v) is 5.77. The van der Waals surface area contributed by atoms with Crippen molar-refractivity contribution in [1.82, 2.24) is 4.31 Å². The zero-order valence-electron chi connectivity index (χ0n) is 16.8. The van der Waals surface area contributed by atoms with Crippen molar-refractivity contribution >= 4 is 21.6 Å². The van der Waals surface area contributed by atoms with Gasteiger partial charge in [0.05, 0.1) is 16.5 Å². The molecule has 1 fully saturated rings. The molecule has 2 aliphatic rings. The molecule has 0 atom stereocenters. The second kappa shape index (κ2) is 8.58. The third-order valence-corrected chi connectivity index (χ3v) is 7.96. The molecule has 0 radical (unpaired) electrons. The first-order chi connectivity index (χ1) is 14.5. The van der Waals surface area contributed by atoms with Crippen molar-refractivity contribution in [3.63, 3.8) is 0 Å². The summed E-state index contributed by atoms with van der Waals surface area (Å²) in [6.45, 7) is 0.676. The molecule has 7 heteroatoms. The maximum Gasteiger partial charge on any atom is 0.243 e. The van der Waals surface area contributed by atoms with Crippen molar-refractivity contribution in [1.29, 1.82) is 5.26 Å². The second-order valence-electron chi connectivity index (χ2n) is 7.99. The minimum Gasteiger partial charge on any atom is -0.326 e. The van der Waals surface area contributed by atoms with Crippen LogP contribution >= 0.6 is 0 Å². The highest BCUT2D eigenvalue weighted by Gasteiger charge is 2.32. The zero-order valence-corrected chi connectivity index (χ0v) is 17.6. The highest BCUT2D eigenvalue weighted by atomic mass is 32.2. The lowest BCUT2D eigenvalue weighted by Gasteiger charge is -2.31. The summed E-state index contributed by atoms with van der Waals surface area (Å²) >= 11 is 0.